The van der Waals surface area contributed by atoms with Crippen molar-refractivity contribution in [3.05, 3.63) is 35.4 Å². The van der Waals surface area contributed by atoms with Crippen LogP contribution in [0, 0.1) is 0 Å². The van der Waals surface area contributed by atoms with E-state index in [2.05, 4.69) is 5.73 Å². The largest absolute Gasteiger partial charge is 0.465 e. The van der Waals surface area contributed by atoms with Gasteiger partial charge in [-0.15, -0.1) is 0 Å². The molecule has 5 nitrogen and oxygen atoms in total. The Kier molecular flexibility index (Phi) is 6.09. The third-order valence-corrected chi connectivity index (χ3v) is 1.56. The number of nitrogens with two attached hydrogens (primary N) is 3. The maximum atomic E-state index is 8.78. The molecule has 0 fully saturated rings. The first-order chi connectivity index (χ1) is 6.61. The van der Waals surface area contributed by atoms with Crippen molar-refractivity contribution in [2.75, 3.05) is 0 Å². The van der Waals surface area contributed by atoms with E-state index in [-0.39, 0.29) is 0 Å². The van der Waals surface area contributed by atoms with Crippen LogP contribution in [0.15, 0.2) is 24.3 Å². The molecule has 0 bridgehead atoms. The maximum Gasteiger partial charge on any atom is 0.402 e. The summed E-state index contributed by atoms with van der Waals surface area (Å²) in [4.78, 5) is 8.78. The van der Waals surface area contributed by atoms with Crippen LogP contribution >= 0.6 is 0 Å². The van der Waals surface area contributed by atoms with Crippen LogP contribution in [0.1, 0.15) is 11.1 Å². The van der Waals surface area contributed by atoms with Gasteiger partial charge in [0.1, 0.15) is 0 Å². The van der Waals surface area contributed by atoms with Crippen LogP contribution in [0.4, 0.5) is 4.79 Å². The average Bonchev–Trinajstić information content (AvgIpc) is 2.17. The molecule has 0 atom stereocenters. The summed E-state index contributed by atoms with van der Waals surface area (Å²) >= 11 is 0. The highest BCUT2D eigenvalue weighted by Gasteiger charge is 1.94. The zero-order valence-electron chi connectivity index (χ0n) is 7.81. The summed E-state index contributed by atoms with van der Waals surface area (Å²) < 4.78 is 0. The van der Waals surface area contributed by atoms with Gasteiger partial charge in [-0.25, -0.2) is 4.79 Å². The number of amides is 1. The molecule has 78 valence electrons. The van der Waals surface area contributed by atoms with Gasteiger partial charge in [-0.3, -0.25) is 0 Å². The van der Waals surface area contributed by atoms with Crippen molar-refractivity contribution in [3.63, 3.8) is 0 Å². The van der Waals surface area contributed by atoms with Crippen molar-refractivity contribution in [2.45, 2.75) is 13.1 Å². The molecule has 0 spiro atoms. The Labute approximate surface area is 82.5 Å². The summed E-state index contributed by atoms with van der Waals surface area (Å²) in [6, 6.07) is 7.95. The van der Waals surface area contributed by atoms with Gasteiger partial charge in [-0.1, -0.05) is 24.3 Å². The minimum Gasteiger partial charge on any atom is -0.465 e. The van der Waals surface area contributed by atoms with Gasteiger partial charge in [-0.05, 0) is 11.1 Å². The lowest BCUT2D eigenvalue weighted by atomic mass is 10.1. The molecule has 0 aliphatic heterocycles. The maximum absolute atomic E-state index is 8.78. The normalized spacial score (nSPS) is 8.71. The first-order valence-electron chi connectivity index (χ1n) is 4.07. The van der Waals surface area contributed by atoms with Gasteiger partial charge in [0.05, 0.1) is 0 Å². The monoisotopic (exact) mass is 197 g/mol. The molecule has 1 amide bonds. The summed E-state index contributed by atoms with van der Waals surface area (Å²) in [5.74, 6) is 0. The average molecular weight is 197 g/mol. The fourth-order valence-electron chi connectivity index (χ4n) is 0.956. The highest BCUT2D eigenvalue weighted by atomic mass is 16.4. The van der Waals surface area contributed by atoms with Crippen LogP contribution in [0.5, 0.6) is 0 Å². The van der Waals surface area contributed by atoms with Gasteiger partial charge in [0, 0.05) is 13.1 Å². The predicted octanol–water partition coefficient (Wildman–Crippen LogP) is 0.227. The fourth-order valence-corrected chi connectivity index (χ4v) is 0.956. The van der Waals surface area contributed by atoms with Crippen LogP contribution in [0.25, 0.3) is 0 Å². The third kappa shape index (κ3) is 5.13. The first kappa shape index (κ1) is 12.4. The van der Waals surface area contributed by atoms with E-state index < -0.39 is 6.09 Å². The van der Waals surface area contributed by atoms with Crippen LogP contribution < -0.4 is 17.2 Å². The molecule has 1 aromatic carbocycles. The summed E-state index contributed by atoms with van der Waals surface area (Å²) in [6.45, 7) is 1.15. The van der Waals surface area contributed by atoms with E-state index in [0.717, 1.165) is 11.1 Å². The second-order valence-corrected chi connectivity index (χ2v) is 2.52. The van der Waals surface area contributed by atoms with Gasteiger partial charge in [0.2, 0.25) is 0 Å². The second kappa shape index (κ2) is 6.88. The standard InChI is InChI=1S/C8H12N2.CH3NO2/c9-5-7-3-1-2-4-8(7)6-10;2-1(3)4/h1-4H,5-6,9-10H2;2H2,(H,3,4). The molecule has 0 heterocycles. The molecule has 0 saturated heterocycles. The lowest BCUT2D eigenvalue weighted by molar-refractivity contribution is 0.205. The SMILES string of the molecule is NC(=O)O.NCc1ccccc1CN. The molecule has 1 rings (SSSR count). The summed E-state index contributed by atoms with van der Waals surface area (Å²) in [5, 5.41) is 7.19. The van der Waals surface area contributed by atoms with Gasteiger partial charge in [0.25, 0.3) is 0 Å². The Hall–Kier alpha value is -1.59. The smallest absolute Gasteiger partial charge is 0.402 e. The van der Waals surface area contributed by atoms with Gasteiger partial charge < -0.3 is 22.3 Å². The van der Waals surface area contributed by atoms with Crippen molar-refractivity contribution in [2.24, 2.45) is 17.2 Å². The van der Waals surface area contributed by atoms with Crippen molar-refractivity contribution in [3.8, 4) is 0 Å². The molecule has 0 unspecified atom stereocenters. The van der Waals surface area contributed by atoms with Crippen LogP contribution in [-0.4, -0.2) is 11.2 Å². The Morgan fingerprint density at radius 2 is 1.43 bits per heavy atom. The highest BCUT2D eigenvalue weighted by Crippen LogP contribution is 2.05. The van der Waals surface area contributed by atoms with Gasteiger partial charge in [-0.2, -0.15) is 0 Å². The van der Waals surface area contributed by atoms with Crippen LogP contribution in [0.3, 0.4) is 0 Å². The third-order valence-electron chi connectivity index (χ3n) is 1.56. The zero-order chi connectivity index (χ0) is 11.0. The molecular formula is C9H15N3O2. The number of rotatable bonds is 2. The van der Waals surface area contributed by atoms with E-state index in [4.69, 9.17) is 21.4 Å². The quantitative estimate of drug-likeness (QED) is 0.543. The molecule has 0 aliphatic carbocycles. The molecule has 7 N–H and O–H groups in total. The van der Waals surface area contributed by atoms with E-state index in [9.17, 15) is 0 Å². The van der Waals surface area contributed by atoms with E-state index in [1.54, 1.807) is 0 Å². The highest BCUT2D eigenvalue weighted by molar-refractivity contribution is 5.61. The van der Waals surface area contributed by atoms with Crippen molar-refractivity contribution >= 4 is 6.09 Å². The van der Waals surface area contributed by atoms with Crippen LogP contribution in [-0.2, 0) is 13.1 Å². The Bertz CT molecular complexity index is 262. The molecule has 0 saturated carbocycles. The first-order valence-corrected chi connectivity index (χ1v) is 4.07. The van der Waals surface area contributed by atoms with Crippen molar-refractivity contribution in [1.82, 2.24) is 0 Å². The lowest BCUT2D eigenvalue weighted by Crippen LogP contribution is -2.05. The number of benzene rings is 1. The van der Waals surface area contributed by atoms with E-state index in [0.29, 0.717) is 13.1 Å². The number of hydrogen-bond acceptors (Lipinski definition) is 3. The molecular weight excluding hydrogens is 182 g/mol. The predicted molar refractivity (Wildman–Crippen MR) is 54.4 cm³/mol. The van der Waals surface area contributed by atoms with Gasteiger partial charge in [0.15, 0.2) is 0 Å². The summed E-state index contributed by atoms with van der Waals surface area (Å²) in [6.07, 6.45) is -1.33. The Balaban J connectivity index is 0.000000364. The number of carbonyl (C=O) groups is 1. The molecule has 5 heteroatoms. The molecule has 0 aromatic heterocycles. The Morgan fingerprint density at radius 1 is 1.14 bits per heavy atom. The molecule has 0 aliphatic rings. The summed E-state index contributed by atoms with van der Waals surface area (Å²) in [5.41, 5.74) is 17.3. The number of carboxylic acid groups (broad SMARTS) is 1. The summed E-state index contributed by atoms with van der Waals surface area (Å²) in [7, 11) is 0. The molecule has 0 radical (unpaired) electrons. The Morgan fingerprint density at radius 3 is 1.64 bits per heavy atom. The second-order valence-electron chi connectivity index (χ2n) is 2.52. The number of primary amides is 1. The van der Waals surface area contributed by atoms with Crippen molar-refractivity contribution in [1.29, 1.82) is 0 Å². The minimum absolute atomic E-state index is 0.577. The zero-order valence-corrected chi connectivity index (χ0v) is 7.81. The van der Waals surface area contributed by atoms with E-state index >= 15 is 0 Å². The van der Waals surface area contributed by atoms with Crippen molar-refractivity contribution < 1.29 is 9.90 Å². The van der Waals surface area contributed by atoms with Gasteiger partial charge >= 0.3 is 6.09 Å². The lowest BCUT2D eigenvalue weighted by Gasteiger charge is -2.02. The van der Waals surface area contributed by atoms with E-state index in [1.165, 1.54) is 0 Å². The number of hydrogen-bond donors (Lipinski definition) is 4. The fraction of sp³-hybridized carbons (Fsp3) is 0.222. The minimum atomic E-state index is -1.33. The van der Waals surface area contributed by atoms with E-state index in [1.807, 2.05) is 24.3 Å². The topological polar surface area (TPSA) is 115 Å². The molecule has 1 aromatic rings. The molecule has 14 heavy (non-hydrogen) atoms. The van der Waals surface area contributed by atoms with Crippen LogP contribution in [0.2, 0.25) is 0 Å².